The number of anilines is 1. The van der Waals surface area contributed by atoms with E-state index in [4.69, 9.17) is 0 Å². The number of carbonyl (C=O) groups excluding carboxylic acids is 1. The van der Waals surface area contributed by atoms with E-state index < -0.39 is 0 Å². The lowest BCUT2D eigenvalue weighted by molar-refractivity contribution is 0.244. The van der Waals surface area contributed by atoms with Gasteiger partial charge in [0.25, 0.3) is 0 Å². The Morgan fingerprint density at radius 1 is 1.26 bits per heavy atom. The van der Waals surface area contributed by atoms with Gasteiger partial charge in [0.15, 0.2) is 0 Å². The predicted octanol–water partition coefficient (Wildman–Crippen LogP) is 3.83. The Labute approximate surface area is 162 Å². The van der Waals surface area contributed by atoms with Crippen molar-refractivity contribution in [3.63, 3.8) is 0 Å². The van der Waals surface area contributed by atoms with Crippen molar-refractivity contribution in [1.29, 1.82) is 0 Å². The summed E-state index contributed by atoms with van der Waals surface area (Å²) in [6.07, 6.45) is 0. The number of aryl methyl sites for hydroxylation is 1. The van der Waals surface area contributed by atoms with Crippen LogP contribution in [0.4, 0.5) is 14.9 Å². The number of carbonyl (C=O) groups is 1. The number of amides is 2. The smallest absolute Gasteiger partial charge is 0.322 e. The van der Waals surface area contributed by atoms with Crippen molar-refractivity contribution >= 4 is 11.7 Å². The summed E-state index contributed by atoms with van der Waals surface area (Å²) in [5, 5.41) is 2.86. The zero-order valence-electron chi connectivity index (χ0n) is 16.8. The molecule has 6 heteroatoms. The third-order valence-corrected chi connectivity index (χ3v) is 4.36. The maximum atomic E-state index is 13.8. The van der Waals surface area contributed by atoms with Crippen LogP contribution in [0.25, 0.3) is 0 Å². The summed E-state index contributed by atoms with van der Waals surface area (Å²) >= 11 is 0. The van der Waals surface area contributed by atoms with Crippen molar-refractivity contribution in [1.82, 2.24) is 15.2 Å². The number of hydrogen-bond acceptors (Lipinski definition) is 3. The van der Waals surface area contributed by atoms with Gasteiger partial charge in [-0.2, -0.15) is 0 Å². The van der Waals surface area contributed by atoms with Crippen LogP contribution in [0.2, 0.25) is 0 Å². The van der Waals surface area contributed by atoms with Crippen molar-refractivity contribution in [2.45, 2.75) is 26.2 Å². The number of nitrogens with one attached hydrogen (secondary N) is 1. The molecule has 0 spiro atoms. The Kier molecular flexibility index (Phi) is 6.91. The van der Waals surface area contributed by atoms with E-state index in [1.165, 1.54) is 6.07 Å². The van der Waals surface area contributed by atoms with Gasteiger partial charge >= 0.3 is 6.03 Å². The van der Waals surface area contributed by atoms with E-state index in [-0.39, 0.29) is 18.7 Å². The first-order valence-corrected chi connectivity index (χ1v) is 9.10. The monoisotopic (exact) mass is 374 g/mol. The molecule has 0 radical (unpaired) electrons. The second kappa shape index (κ2) is 8.95. The van der Waals surface area contributed by atoms with Gasteiger partial charge < -0.3 is 10.2 Å². The van der Waals surface area contributed by atoms with Gasteiger partial charge in [-0.1, -0.05) is 50.2 Å². The molecule has 27 heavy (non-hydrogen) atoms. The molecule has 1 aliphatic heterocycles. The zero-order chi connectivity index (χ0) is 20.0. The second-order valence-electron chi connectivity index (χ2n) is 7.58. The molecule has 1 aliphatic rings. The van der Waals surface area contributed by atoms with Crippen LogP contribution in [-0.4, -0.2) is 49.6 Å². The molecule has 0 bridgehead atoms. The highest BCUT2D eigenvalue weighted by Gasteiger charge is 2.40. The Balaban J connectivity index is 0.000000478. The fourth-order valence-corrected chi connectivity index (χ4v) is 2.88. The quantitative estimate of drug-likeness (QED) is 0.888. The van der Waals surface area contributed by atoms with Crippen LogP contribution in [0.3, 0.4) is 0 Å². The highest BCUT2D eigenvalue weighted by molar-refractivity contribution is 5.94. The van der Waals surface area contributed by atoms with Crippen LogP contribution in [0.15, 0.2) is 42.5 Å². The molecule has 2 heterocycles. The summed E-state index contributed by atoms with van der Waals surface area (Å²) < 4.78 is 13.8. The number of hydrogen-bond donors (Lipinski definition) is 1. The van der Waals surface area contributed by atoms with Gasteiger partial charge in [-0.15, -0.1) is 0 Å². The van der Waals surface area contributed by atoms with E-state index >= 15 is 0 Å². The van der Waals surface area contributed by atoms with Crippen molar-refractivity contribution in [2.75, 3.05) is 38.6 Å². The van der Waals surface area contributed by atoms with Gasteiger partial charge in [-0.05, 0) is 21.0 Å². The Bertz CT molecular complexity index is 742. The molecule has 0 aliphatic carbocycles. The normalized spacial score (nSPS) is 14.4. The van der Waals surface area contributed by atoms with Gasteiger partial charge in [-0.25, -0.2) is 9.18 Å². The molecule has 3 rings (SSSR count). The van der Waals surface area contributed by atoms with Crippen LogP contribution in [-0.2, 0) is 5.41 Å². The third-order valence-electron chi connectivity index (χ3n) is 4.36. The largest absolute Gasteiger partial charge is 0.336 e. The number of urea groups is 1. The maximum absolute atomic E-state index is 13.8. The topological polar surface area (TPSA) is 48.5 Å². The molecule has 0 fully saturated rings. The van der Waals surface area contributed by atoms with Gasteiger partial charge in [0.2, 0.25) is 0 Å². The molecule has 1 aromatic heterocycles. The highest BCUT2D eigenvalue weighted by Crippen LogP contribution is 2.39. The molecule has 0 saturated heterocycles. The number of fused-ring (bicyclic) bond motifs is 1. The van der Waals surface area contributed by atoms with Crippen LogP contribution < -0.4 is 10.2 Å². The molecule has 0 saturated carbocycles. The van der Waals surface area contributed by atoms with Gasteiger partial charge in [0.05, 0.1) is 17.1 Å². The van der Waals surface area contributed by atoms with E-state index in [1.54, 1.807) is 11.8 Å². The number of likely N-dealkylation sites (N-methyl/N-ethyl adjacent to an activating group) is 1. The summed E-state index contributed by atoms with van der Waals surface area (Å²) in [6, 6.07) is 13.2. The third kappa shape index (κ3) is 5.50. The average Bonchev–Trinajstić information content (AvgIpc) is 2.88. The minimum atomic E-state index is -0.377. The predicted molar refractivity (Wildman–Crippen MR) is 110 cm³/mol. The lowest BCUT2D eigenvalue weighted by atomic mass is 9.91. The molecular weight excluding hydrogens is 343 g/mol. The molecule has 148 valence electrons. The van der Waals surface area contributed by atoms with E-state index in [0.717, 1.165) is 12.2 Å². The Hall–Kier alpha value is -2.47. The average molecular weight is 375 g/mol. The number of benzene rings is 1. The first kappa shape index (κ1) is 20.8. The molecule has 2 amide bonds. The minimum Gasteiger partial charge on any atom is -0.336 e. The van der Waals surface area contributed by atoms with Gasteiger partial charge in [0.1, 0.15) is 5.82 Å². The lowest BCUT2D eigenvalue weighted by Crippen LogP contribution is -2.43. The second-order valence-corrected chi connectivity index (χ2v) is 7.58. The summed E-state index contributed by atoms with van der Waals surface area (Å²) in [4.78, 5) is 20.2. The van der Waals surface area contributed by atoms with Crippen LogP contribution >= 0.6 is 0 Å². The van der Waals surface area contributed by atoms with Crippen LogP contribution in [0, 0.1) is 12.7 Å². The molecular formula is C21H31FN4O. The molecule has 5 nitrogen and oxygen atoms in total. The SMILES string of the molecule is Cc1nc2c(cc1F)N(C(=O)NCCN(C)C)CC2(C)C.[HH].c1ccccc1. The number of rotatable bonds is 3. The van der Waals surface area contributed by atoms with E-state index in [9.17, 15) is 9.18 Å². The standard InChI is InChI=1S/C15H23FN4O.C6H6.H2/c1-10-11(16)8-12-13(18-10)15(2,3)9-20(12)14(21)17-6-7-19(4)5;1-2-4-6-5-3-1;/h8H,6-7,9H2,1-5H3,(H,17,21);1-6H;1H. The number of aromatic nitrogens is 1. The van der Waals surface area contributed by atoms with E-state index in [1.807, 2.05) is 69.2 Å². The molecule has 2 aromatic rings. The van der Waals surface area contributed by atoms with Crippen molar-refractivity contribution < 1.29 is 10.6 Å². The zero-order valence-corrected chi connectivity index (χ0v) is 16.8. The van der Waals surface area contributed by atoms with Crippen LogP contribution in [0.1, 0.15) is 26.7 Å². The Morgan fingerprint density at radius 3 is 2.33 bits per heavy atom. The Morgan fingerprint density at radius 2 is 1.81 bits per heavy atom. The number of halogens is 1. The van der Waals surface area contributed by atoms with Gasteiger partial charge in [0, 0.05) is 32.5 Å². The summed E-state index contributed by atoms with van der Waals surface area (Å²) in [5.74, 6) is -0.377. The van der Waals surface area contributed by atoms with Crippen molar-refractivity contribution in [3.8, 4) is 0 Å². The molecule has 1 aromatic carbocycles. The highest BCUT2D eigenvalue weighted by atomic mass is 19.1. The summed E-state index contributed by atoms with van der Waals surface area (Å²) in [6.45, 7) is 7.50. The first-order valence-electron chi connectivity index (χ1n) is 9.10. The fourth-order valence-electron chi connectivity index (χ4n) is 2.88. The van der Waals surface area contributed by atoms with Crippen LogP contribution in [0.5, 0.6) is 0 Å². The summed E-state index contributed by atoms with van der Waals surface area (Å²) in [7, 11) is 3.89. The molecule has 0 unspecified atom stereocenters. The first-order chi connectivity index (χ1) is 12.7. The maximum Gasteiger partial charge on any atom is 0.322 e. The van der Waals surface area contributed by atoms with Crippen molar-refractivity contribution in [2.24, 2.45) is 0 Å². The fraction of sp³-hybridized carbons (Fsp3) is 0.429. The van der Waals surface area contributed by atoms with E-state index in [2.05, 4.69) is 10.3 Å². The number of pyridine rings is 1. The van der Waals surface area contributed by atoms with E-state index in [0.29, 0.717) is 24.5 Å². The summed E-state index contributed by atoms with van der Waals surface area (Å²) in [5.41, 5.74) is 1.46. The molecule has 1 N–H and O–H groups in total. The number of nitrogens with zero attached hydrogens (tertiary/aromatic N) is 3. The molecule has 0 atom stereocenters. The van der Waals surface area contributed by atoms with Gasteiger partial charge in [-0.3, -0.25) is 9.88 Å². The van der Waals surface area contributed by atoms with Crippen molar-refractivity contribution in [3.05, 3.63) is 59.7 Å². The lowest BCUT2D eigenvalue weighted by Gasteiger charge is -2.21. The minimum absolute atomic E-state index is 0.